The zero-order chi connectivity index (χ0) is 19.2. The molecule has 0 atom stereocenters. The molecule has 2 heterocycles. The van der Waals surface area contributed by atoms with Gasteiger partial charge in [0.2, 0.25) is 0 Å². The van der Waals surface area contributed by atoms with Gasteiger partial charge in [0, 0.05) is 11.1 Å². The Morgan fingerprint density at radius 2 is 1.67 bits per heavy atom. The van der Waals surface area contributed by atoms with E-state index in [9.17, 15) is 13.2 Å². The third kappa shape index (κ3) is 3.14. The minimum atomic E-state index is -3.23. The van der Waals surface area contributed by atoms with Crippen molar-refractivity contribution in [3.63, 3.8) is 0 Å². The number of sulfone groups is 1. The second-order valence-electron chi connectivity index (χ2n) is 6.77. The molecule has 6 nitrogen and oxygen atoms in total. The van der Waals surface area contributed by atoms with Crippen molar-refractivity contribution in [3.8, 4) is 5.69 Å². The standard InChI is InChI=1S/C20H19N3O3S/c1-13-7-3-5-9-15(13)20(24)21-19-16-11-27(25,26)12-17(16)22-23(19)18-10-6-4-8-14(18)2/h3-10H,11-12H2,1-2H3,(H,21,24). The fraction of sp³-hybridized carbons (Fsp3) is 0.200. The zero-order valence-corrected chi connectivity index (χ0v) is 15.9. The maximum absolute atomic E-state index is 12.9. The van der Waals surface area contributed by atoms with Crippen LogP contribution in [-0.4, -0.2) is 24.1 Å². The van der Waals surface area contributed by atoms with Gasteiger partial charge in [-0.3, -0.25) is 4.79 Å². The van der Waals surface area contributed by atoms with E-state index in [1.54, 1.807) is 16.8 Å². The summed E-state index contributed by atoms with van der Waals surface area (Å²) in [5.74, 6) is -0.0740. The molecule has 0 saturated carbocycles. The summed E-state index contributed by atoms with van der Waals surface area (Å²) in [4.78, 5) is 12.9. The highest BCUT2D eigenvalue weighted by atomic mass is 32.2. The third-order valence-electron chi connectivity index (χ3n) is 4.75. The maximum atomic E-state index is 12.9. The van der Waals surface area contributed by atoms with Crippen molar-refractivity contribution in [2.24, 2.45) is 0 Å². The quantitative estimate of drug-likeness (QED) is 0.756. The first-order valence-electron chi connectivity index (χ1n) is 8.60. The molecule has 138 valence electrons. The highest BCUT2D eigenvalue weighted by Crippen LogP contribution is 2.33. The van der Waals surface area contributed by atoms with E-state index in [4.69, 9.17) is 0 Å². The van der Waals surface area contributed by atoms with E-state index in [2.05, 4.69) is 10.4 Å². The van der Waals surface area contributed by atoms with Crippen molar-refractivity contribution in [2.75, 3.05) is 5.32 Å². The molecule has 27 heavy (non-hydrogen) atoms. The van der Waals surface area contributed by atoms with Crippen LogP contribution in [0.4, 0.5) is 5.82 Å². The second kappa shape index (κ2) is 6.35. The van der Waals surface area contributed by atoms with Crippen LogP contribution in [0.25, 0.3) is 5.69 Å². The van der Waals surface area contributed by atoms with Crippen LogP contribution >= 0.6 is 0 Å². The molecule has 4 rings (SSSR count). The van der Waals surface area contributed by atoms with Gasteiger partial charge in [-0.05, 0) is 37.1 Å². The molecule has 0 unspecified atom stereocenters. The second-order valence-corrected chi connectivity index (χ2v) is 8.84. The van der Waals surface area contributed by atoms with E-state index in [0.717, 1.165) is 16.8 Å². The third-order valence-corrected chi connectivity index (χ3v) is 6.19. The van der Waals surface area contributed by atoms with E-state index in [-0.39, 0.29) is 17.4 Å². The number of nitrogens with one attached hydrogen (secondary N) is 1. The molecule has 1 N–H and O–H groups in total. The van der Waals surface area contributed by atoms with Crippen molar-refractivity contribution in [1.82, 2.24) is 9.78 Å². The summed E-state index contributed by atoms with van der Waals surface area (Å²) in [5.41, 5.74) is 4.25. The number of hydrogen-bond donors (Lipinski definition) is 1. The van der Waals surface area contributed by atoms with Gasteiger partial charge in [-0.2, -0.15) is 5.10 Å². The molecule has 0 bridgehead atoms. The summed E-state index contributed by atoms with van der Waals surface area (Å²) in [6.07, 6.45) is 0. The van der Waals surface area contributed by atoms with Crippen molar-refractivity contribution in [1.29, 1.82) is 0 Å². The Morgan fingerprint density at radius 3 is 2.37 bits per heavy atom. The summed E-state index contributed by atoms with van der Waals surface area (Å²) in [6, 6.07) is 14.9. The number of nitrogens with zero attached hydrogens (tertiary/aromatic N) is 2. The number of carbonyl (C=O) groups excluding carboxylic acids is 1. The maximum Gasteiger partial charge on any atom is 0.257 e. The van der Waals surface area contributed by atoms with E-state index >= 15 is 0 Å². The lowest BCUT2D eigenvalue weighted by Gasteiger charge is -2.13. The number of anilines is 1. The molecule has 2 aromatic carbocycles. The van der Waals surface area contributed by atoms with Gasteiger partial charge in [0.25, 0.3) is 5.91 Å². The van der Waals surface area contributed by atoms with Crippen molar-refractivity contribution in [3.05, 3.63) is 76.5 Å². The zero-order valence-electron chi connectivity index (χ0n) is 15.1. The van der Waals surface area contributed by atoms with Gasteiger partial charge in [-0.25, -0.2) is 13.1 Å². The number of carbonyl (C=O) groups is 1. The van der Waals surface area contributed by atoms with E-state index in [1.165, 1.54) is 0 Å². The van der Waals surface area contributed by atoms with Crippen LogP contribution in [-0.2, 0) is 21.3 Å². The number of benzene rings is 2. The van der Waals surface area contributed by atoms with Crippen molar-refractivity contribution < 1.29 is 13.2 Å². The van der Waals surface area contributed by atoms with Crippen molar-refractivity contribution in [2.45, 2.75) is 25.4 Å². The monoisotopic (exact) mass is 381 g/mol. The molecule has 0 radical (unpaired) electrons. The van der Waals surface area contributed by atoms with Gasteiger partial charge >= 0.3 is 0 Å². The number of rotatable bonds is 3. The molecule has 0 spiro atoms. The Morgan fingerprint density at radius 1 is 1.00 bits per heavy atom. The molecule has 1 aliphatic rings. The first kappa shape index (κ1) is 17.5. The molecule has 0 aliphatic carbocycles. The summed E-state index contributed by atoms with van der Waals surface area (Å²) >= 11 is 0. The molecule has 1 aliphatic heterocycles. The van der Waals surface area contributed by atoms with Crippen LogP contribution in [0, 0.1) is 13.8 Å². The molecule has 0 saturated heterocycles. The van der Waals surface area contributed by atoms with Gasteiger partial charge in [0.05, 0.1) is 22.9 Å². The Bertz CT molecular complexity index is 1160. The van der Waals surface area contributed by atoms with Crippen LogP contribution in [0.1, 0.15) is 32.7 Å². The number of fused-ring (bicyclic) bond motifs is 1. The minimum absolute atomic E-state index is 0.103. The van der Waals surface area contributed by atoms with E-state index in [0.29, 0.717) is 22.6 Å². The molecular weight excluding hydrogens is 362 g/mol. The molecule has 0 fully saturated rings. The number of aryl methyl sites for hydroxylation is 2. The number of para-hydroxylation sites is 1. The van der Waals surface area contributed by atoms with Gasteiger partial charge in [-0.1, -0.05) is 36.4 Å². The fourth-order valence-corrected chi connectivity index (χ4v) is 4.84. The molecule has 7 heteroatoms. The number of aromatic nitrogens is 2. The fourth-order valence-electron chi connectivity index (χ4n) is 3.35. The van der Waals surface area contributed by atoms with Gasteiger partial charge in [-0.15, -0.1) is 0 Å². The summed E-state index contributed by atoms with van der Waals surface area (Å²) in [5, 5.41) is 7.42. The number of amides is 1. The summed E-state index contributed by atoms with van der Waals surface area (Å²) < 4.78 is 25.8. The largest absolute Gasteiger partial charge is 0.306 e. The van der Waals surface area contributed by atoms with E-state index < -0.39 is 9.84 Å². The lowest BCUT2D eigenvalue weighted by atomic mass is 10.1. The Labute approximate surface area is 157 Å². The Hall–Kier alpha value is -2.93. The topological polar surface area (TPSA) is 81.1 Å². The predicted octanol–water partition coefficient (Wildman–Crippen LogP) is 3.17. The minimum Gasteiger partial charge on any atom is -0.306 e. The molecule has 3 aromatic rings. The first-order valence-corrected chi connectivity index (χ1v) is 10.4. The lowest BCUT2D eigenvalue weighted by Crippen LogP contribution is -2.18. The molecule has 1 aromatic heterocycles. The van der Waals surface area contributed by atoms with Crippen molar-refractivity contribution >= 4 is 21.6 Å². The average molecular weight is 381 g/mol. The predicted molar refractivity (Wildman–Crippen MR) is 104 cm³/mol. The molecule has 1 amide bonds. The summed E-state index contributed by atoms with van der Waals surface area (Å²) in [7, 11) is -3.23. The highest BCUT2D eigenvalue weighted by Gasteiger charge is 2.33. The lowest BCUT2D eigenvalue weighted by molar-refractivity contribution is 0.102. The average Bonchev–Trinajstić information content (AvgIpc) is 3.08. The van der Waals surface area contributed by atoms with Gasteiger partial charge in [0.15, 0.2) is 9.84 Å². The van der Waals surface area contributed by atoms with Crippen LogP contribution in [0.5, 0.6) is 0 Å². The normalized spacial score (nSPS) is 14.7. The Kier molecular flexibility index (Phi) is 4.11. The van der Waals surface area contributed by atoms with Crippen LogP contribution in [0.3, 0.4) is 0 Å². The number of hydrogen-bond acceptors (Lipinski definition) is 4. The molecular formula is C20H19N3O3S. The summed E-state index contributed by atoms with van der Waals surface area (Å²) in [6.45, 7) is 3.81. The smallest absolute Gasteiger partial charge is 0.257 e. The van der Waals surface area contributed by atoms with Crippen LogP contribution in [0.2, 0.25) is 0 Å². The van der Waals surface area contributed by atoms with E-state index in [1.807, 2.05) is 50.2 Å². The highest BCUT2D eigenvalue weighted by molar-refractivity contribution is 7.90. The Balaban J connectivity index is 1.83. The first-order chi connectivity index (χ1) is 12.9. The van der Waals surface area contributed by atoms with Gasteiger partial charge in [0.1, 0.15) is 5.82 Å². The van der Waals surface area contributed by atoms with Crippen LogP contribution in [0.15, 0.2) is 48.5 Å². The van der Waals surface area contributed by atoms with Gasteiger partial charge < -0.3 is 5.32 Å². The van der Waals surface area contributed by atoms with Crippen LogP contribution < -0.4 is 5.32 Å². The SMILES string of the molecule is Cc1ccccc1C(=O)Nc1c2c(nn1-c1ccccc1C)CS(=O)(=O)C2.